The van der Waals surface area contributed by atoms with Crippen molar-refractivity contribution in [3.63, 3.8) is 0 Å². The van der Waals surface area contributed by atoms with Crippen LogP contribution in [0.15, 0.2) is 60.7 Å². The molecule has 0 aliphatic rings. The van der Waals surface area contributed by atoms with Crippen molar-refractivity contribution in [2.24, 2.45) is 0 Å². The topological polar surface area (TPSA) is 26.3 Å². The molecule has 0 spiro atoms. The molecule has 90 valence electrons. The molecular weight excluding hydrogens is 248 g/mol. The fourth-order valence-electron chi connectivity index (χ4n) is 1.41. The van der Waals surface area contributed by atoms with Crippen LogP contribution in [0.3, 0.4) is 0 Å². The summed E-state index contributed by atoms with van der Waals surface area (Å²) in [5, 5.41) is 0.598. The lowest BCUT2D eigenvalue weighted by atomic mass is 10.2. The zero-order valence-corrected chi connectivity index (χ0v) is 10.3. The van der Waals surface area contributed by atoms with Crippen molar-refractivity contribution in [2.45, 2.75) is 0 Å². The maximum Gasteiger partial charge on any atom is 0.336 e. The number of carbonyl (C=O) groups is 1. The summed E-state index contributed by atoms with van der Waals surface area (Å²) in [5.41, 5.74) is 0.782. The van der Waals surface area contributed by atoms with Gasteiger partial charge in [0.2, 0.25) is 0 Å². The zero-order chi connectivity index (χ0) is 12.8. The number of hydrogen-bond donors (Lipinski definition) is 0. The molecule has 0 saturated heterocycles. The lowest BCUT2D eigenvalue weighted by Gasteiger charge is -2.00. The van der Waals surface area contributed by atoms with Crippen LogP contribution in [-0.4, -0.2) is 5.97 Å². The Bertz CT molecular complexity index is 562. The molecule has 2 rings (SSSR count). The van der Waals surface area contributed by atoms with Crippen LogP contribution in [0.4, 0.5) is 0 Å². The summed E-state index contributed by atoms with van der Waals surface area (Å²) >= 11 is 5.96. The van der Waals surface area contributed by atoms with Gasteiger partial charge in [0.25, 0.3) is 0 Å². The van der Waals surface area contributed by atoms with Gasteiger partial charge in [-0.05, 0) is 29.8 Å². The Balaban J connectivity index is 2.02. The van der Waals surface area contributed by atoms with Crippen molar-refractivity contribution in [3.8, 4) is 5.75 Å². The van der Waals surface area contributed by atoms with Gasteiger partial charge in [0.1, 0.15) is 5.75 Å². The summed E-state index contributed by atoms with van der Waals surface area (Å²) in [6.45, 7) is 0. The van der Waals surface area contributed by atoms with Gasteiger partial charge in [-0.15, -0.1) is 0 Å². The molecule has 0 saturated carbocycles. The van der Waals surface area contributed by atoms with E-state index in [0.717, 1.165) is 5.56 Å². The van der Waals surface area contributed by atoms with E-state index in [-0.39, 0.29) is 0 Å². The third-order valence-corrected chi connectivity index (χ3v) is 2.61. The van der Waals surface area contributed by atoms with Crippen LogP contribution in [0.5, 0.6) is 5.75 Å². The Morgan fingerprint density at radius 1 is 1.00 bits per heavy atom. The first-order chi connectivity index (χ1) is 8.75. The highest BCUT2D eigenvalue weighted by atomic mass is 35.5. The predicted molar refractivity (Wildman–Crippen MR) is 72.6 cm³/mol. The van der Waals surface area contributed by atoms with Crippen LogP contribution in [0, 0.1) is 0 Å². The van der Waals surface area contributed by atoms with Gasteiger partial charge >= 0.3 is 5.97 Å². The Morgan fingerprint density at radius 3 is 2.39 bits per heavy atom. The van der Waals surface area contributed by atoms with Gasteiger partial charge < -0.3 is 4.74 Å². The van der Waals surface area contributed by atoms with E-state index in [0.29, 0.717) is 10.8 Å². The molecule has 0 unspecified atom stereocenters. The molecule has 2 aromatic carbocycles. The van der Waals surface area contributed by atoms with Gasteiger partial charge in [-0.3, -0.25) is 0 Å². The zero-order valence-electron chi connectivity index (χ0n) is 9.55. The Morgan fingerprint density at radius 2 is 1.67 bits per heavy atom. The highest BCUT2D eigenvalue weighted by molar-refractivity contribution is 6.32. The third kappa shape index (κ3) is 3.47. The van der Waals surface area contributed by atoms with Crippen molar-refractivity contribution in [1.29, 1.82) is 0 Å². The van der Waals surface area contributed by atoms with Gasteiger partial charge in [0.15, 0.2) is 0 Å². The number of hydrogen-bond acceptors (Lipinski definition) is 2. The summed E-state index contributed by atoms with van der Waals surface area (Å²) < 4.78 is 5.11. The smallest absolute Gasteiger partial charge is 0.336 e. The van der Waals surface area contributed by atoms with Gasteiger partial charge in [-0.2, -0.15) is 0 Å². The van der Waals surface area contributed by atoms with Crippen LogP contribution in [0.2, 0.25) is 5.02 Å². The average Bonchev–Trinajstić information content (AvgIpc) is 2.39. The van der Waals surface area contributed by atoms with Crippen LogP contribution in [-0.2, 0) is 4.79 Å². The molecule has 0 aromatic heterocycles. The van der Waals surface area contributed by atoms with Crippen molar-refractivity contribution < 1.29 is 9.53 Å². The van der Waals surface area contributed by atoms with E-state index in [1.165, 1.54) is 6.08 Å². The second kappa shape index (κ2) is 6.03. The molecule has 2 aromatic rings. The summed E-state index contributed by atoms with van der Waals surface area (Å²) in [6, 6.07) is 16.2. The number of esters is 1. The van der Waals surface area contributed by atoms with Crippen molar-refractivity contribution >= 4 is 23.6 Å². The van der Waals surface area contributed by atoms with Crippen LogP contribution in [0.1, 0.15) is 5.56 Å². The molecule has 0 aliphatic heterocycles. The minimum atomic E-state index is -0.430. The predicted octanol–water partition coefficient (Wildman–Crippen LogP) is 3.96. The van der Waals surface area contributed by atoms with Crippen molar-refractivity contribution in [3.05, 3.63) is 71.3 Å². The van der Waals surface area contributed by atoms with Crippen LogP contribution < -0.4 is 4.74 Å². The maximum absolute atomic E-state index is 11.5. The number of rotatable bonds is 3. The van der Waals surface area contributed by atoms with E-state index in [4.69, 9.17) is 16.3 Å². The molecule has 0 amide bonds. The summed E-state index contributed by atoms with van der Waals surface area (Å²) in [7, 11) is 0. The second-order valence-corrected chi connectivity index (χ2v) is 4.00. The summed E-state index contributed by atoms with van der Waals surface area (Å²) in [5.74, 6) is 0.0902. The first-order valence-corrected chi connectivity index (χ1v) is 5.83. The second-order valence-electron chi connectivity index (χ2n) is 3.59. The molecule has 0 heterocycles. The molecular formula is C15H11ClO2. The van der Waals surface area contributed by atoms with E-state index in [1.807, 2.05) is 24.3 Å². The molecule has 3 heteroatoms. The number of ether oxygens (including phenoxy) is 1. The molecule has 0 bridgehead atoms. The fourth-order valence-corrected chi connectivity index (χ4v) is 1.61. The molecule has 0 fully saturated rings. The van der Waals surface area contributed by atoms with Crippen molar-refractivity contribution in [1.82, 2.24) is 0 Å². The molecule has 0 atom stereocenters. The SMILES string of the molecule is O=C(/C=C/c1ccccc1Cl)Oc1ccccc1. The van der Waals surface area contributed by atoms with Gasteiger partial charge in [0.05, 0.1) is 0 Å². The summed E-state index contributed by atoms with van der Waals surface area (Å²) in [6.07, 6.45) is 2.99. The standard InChI is InChI=1S/C15H11ClO2/c16-14-9-5-4-6-12(14)10-11-15(17)18-13-7-2-1-3-8-13/h1-11H/b11-10+. The largest absolute Gasteiger partial charge is 0.423 e. The Kier molecular flexibility index (Phi) is 4.15. The average molecular weight is 259 g/mol. The molecule has 18 heavy (non-hydrogen) atoms. The van der Waals surface area contributed by atoms with E-state index in [2.05, 4.69) is 0 Å². The minimum Gasteiger partial charge on any atom is -0.423 e. The first kappa shape index (κ1) is 12.4. The van der Waals surface area contributed by atoms with E-state index < -0.39 is 5.97 Å². The monoisotopic (exact) mass is 258 g/mol. The fraction of sp³-hybridized carbons (Fsp3) is 0. The Hall–Kier alpha value is -2.06. The van der Waals surface area contributed by atoms with Crippen LogP contribution in [0.25, 0.3) is 6.08 Å². The van der Waals surface area contributed by atoms with E-state index >= 15 is 0 Å². The van der Waals surface area contributed by atoms with E-state index in [1.54, 1.807) is 36.4 Å². The Labute approximate surface area is 110 Å². The molecule has 0 N–H and O–H groups in total. The highest BCUT2D eigenvalue weighted by Crippen LogP contribution is 2.16. The van der Waals surface area contributed by atoms with Gasteiger partial charge in [0, 0.05) is 11.1 Å². The third-order valence-electron chi connectivity index (χ3n) is 2.27. The molecule has 2 nitrogen and oxygen atoms in total. The number of para-hydroxylation sites is 1. The molecule has 0 aliphatic carbocycles. The molecule has 0 radical (unpaired) electrons. The summed E-state index contributed by atoms with van der Waals surface area (Å²) in [4.78, 5) is 11.5. The lowest BCUT2D eigenvalue weighted by molar-refractivity contribution is -0.128. The van der Waals surface area contributed by atoms with Crippen molar-refractivity contribution in [2.75, 3.05) is 0 Å². The van der Waals surface area contributed by atoms with Gasteiger partial charge in [-0.1, -0.05) is 48.0 Å². The normalized spacial score (nSPS) is 10.5. The first-order valence-electron chi connectivity index (χ1n) is 5.45. The van der Waals surface area contributed by atoms with Crippen LogP contribution >= 0.6 is 11.6 Å². The number of carbonyl (C=O) groups excluding carboxylic acids is 1. The minimum absolute atomic E-state index is 0.430. The highest BCUT2D eigenvalue weighted by Gasteiger charge is 2.00. The van der Waals surface area contributed by atoms with Gasteiger partial charge in [-0.25, -0.2) is 4.79 Å². The number of benzene rings is 2. The lowest BCUT2D eigenvalue weighted by Crippen LogP contribution is -2.03. The van der Waals surface area contributed by atoms with E-state index in [9.17, 15) is 4.79 Å². The quantitative estimate of drug-likeness (QED) is 0.473. The number of halogens is 1. The maximum atomic E-state index is 11.5.